The zero-order valence-corrected chi connectivity index (χ0v) is 13.9. The number of fused-ring (bicyclic) bond motifs is 1. The van der Waals surface area contributed by atoms with Crippen molar-refractivity contribution in [1.29, 1.82) is 0 Å². The van der Waals surface area contributed by atoms with Crippen molar-refractivity contribution in [2.45, 2.75) is 38.3 Å². The lowest BCUT2D eigenvalue weighted by molar-refractivity contribution is -0.137. The monoisotopic (exact) mass is 338 g/mol. The third kappa shape index (κ3) is 3.27. The van der Waals surface area contributed by atoms with E-state index in [0.717, 1.165) is 22.7 Å². The zero-order valence-electron chi connectivity index (χ0n) is 13.1. The van der Waals surface area contributed by atoms with Crippen molar-refractivity contribution in [3.05, 3.63) is 35.9 Å². The molecule has 4 rings (SSSR count). The van der Waals surface area contributed by atoms with Crippen molar-refractivity contribution in [3.63, 3.8) is 0 Å². The molecular weight excluding hydrogens is 316 g/mol. The van der Waals surface area contributed by atoms with Gasteiger partial charge in [-0.2, -0.15) is 17.0 Å². The van der Waals surface area contributed by atoms with Crippen LogP contribution in [0.1, 0.15) is 25.3 Å². The number of rotatable bonds is 7. The van der Waals surface area contributed by atoms with Gasteiger partial charge in [-0.3, -0.25) is 4.79 Å². The second-order valence-electron chi connectivity index (χ2n) is 6.55. The van der Waals surface area contributed by atoms with Crippen molar-refractivity contribution >= 4 is 16.2 Å². The minimum atomic E-state index is -3.74. The Kier molecular flexibility index (Phi) is 4.44. The molecule has 0 radical (unpaired) electrons. The molecule has 1 aromatic carbocycles. The Labute approximate surface area is 136 Å². The van der Waals surface area contributed by atoms with E-state index in [1.165, 1.54) is 4.31 Å². The van der Waals surface area contributed by atoms with Gasteiger partial charge in [0.15, 0.2) is 0 Å². The third-order valence-electron chi connectivity index (χ3n) is 4.81. The minimum Gasteiger partial charge on any atom is -0.480 e. The first-order valence-corrected chi connectivity index (χ1v) is 9.32. The summed E-state index contributed by atoms with van der Waals surface area (Å²) in [4.78, 5) is 11.2. The van der Waals surface area contributed by atoms with Crippen molar-refractivity contribution in [1.82, 2.24) is 8.61 Å². The van der Waals surface area contributed by atoms with Gasteiger partial charge in [0.05, 0.1) is 0 Å². The lowest BCUT2D eigenvalue weighted by Gasteiger charge is -2.33. The second-order valence-corrected chi connectivity index (χ2v) is 8.38. The summed E-state index contributed by atoms with van der Waals surface area (Å²) >= 11 is 0. The van der Waals surface area contributed by atoms with Crippen LogP contribution < -0.4 is 0 Å². The molecule has 6 nitrogen and oxygen atoms in total. The van der Waals surface area contributed by atoms with Gasteiger partial charge in [0.2, 0.25) is 0 Å². The maximum Gasteiger partial charge on any atom is 0.318 e. The molecule has 1 aromatic rings. The second kappa shape index (κ2) is 6.22. The molecule has 3 aliphatic rings. The molecule has 2 heterocycles. The number of benzene rings is 1. The molecule has 1 unspecified atom stereocenters. The van der Waals surface area contributed by atoms with Crippen LogP contribution in [0.15, 0.2) is 30.3 Å². The summed E-state index contributed by atoms with van der Waals surface area (Å²) in [6.45, 7) is 1.80. The SMILES string of the molecule is CC(Cc1ccccc1)N(CC(=O)O)S(=O)(=O)N1CC2CC1C2. The smallest absolute Gasteiger partial charge is 0.318 e. The molecule has 3 fully saturated rings. The van der Waals surface area contributed by atoms with Crippen LogP contribution in [0.5, 0.6) is 0 Å². The zero-order chi connectivity index (χ0) is 16.6. The largest absolute Gasteiger partial charge is 0.480 e. The number of hydrogen-bond donors (Lipinski definition) is 1. The molecule has 0 spiro atoms. The van der Waals surface area contributed by atoms with Gasteiger partial charge in [-0.1, -0.05) is 30.3 Å². The summed E-state index contributed by atoms with van der Waals surface area (Å²) in [5.41, 5.74) is 0.997. The van der Waals surface area contributed by atoms with Gasteiger partial charge in [-0.15, -0.1) is 0 Å². The van der Waals surface area contributed by atoms with E-state index in [9.17, 15) is 13.2 Å². The fourth-order valence-corrected chi connectivity index (χ4v) is 5.58. The van der Waals surface area contributed by atoms with E-state index < -0.39 is 28.8 Å². The first-order valence-electron chi connectivity index (χ1n) is 7.92. The number of carbonyl (C=O) groups is 1. The maximum atomic E-state index is 12.9. The molecule has 1 saturated carbocycles. The van der Waals surface area contributed by atoms with Crippen molar-refractivity contribution < 1.29 is 18.3 Å². The molecule has 0 amide bonds. The normalized spacial score (nSPS) is 25.3. The quantitative estimate of drug-likeness (QED) is 0.814. The standard InChI is InChI=1S/C16H22N2O4S/c1-12(7-13-5-3-2-4-6-13)17(11-16(19)20)23(21,22)18-10-14-8-15(18)9-14/h2-6,12,14-15H,7-11H2,1H3,(H,19,20). The number of hydrogen-bond acceptors (Lipinski definition) is 3. The van der Waals surface area contributed by atoms with E-state index in [2.05, 4.69) is 0 Å². The lowest BCUT2D eigenvalue weighted by atomic mass is 9.87. The number of carboxylic acid groups (broad SMARTS) is 1. The highest BCUT2D eigenvalue weighted by molar-refractivity contribution is 7.86. The van der Waals surface area contributed by atoms with E-state index in [-0.39, 0.29) is 6.04 Å². The summed E-state index contributed by atoms with van der Waals surface area (Å²) in [5.74, 6) is -0.675. The summed E-state index contributed by atoms with van der Waals surface area (Å²) in [7, 11) is -3.74. The van der Waals surface area contributed by atoms with Gasteiger partial charge in [-0.05, 0) is 37.7 Å². The Hall–Kier alpha value is -1.44. The summed E-state index contributed by atoms with van der Waals surface area (Å²) < 4.78 is 28.5. The molecule has 23 heavy (non-hydrogen) atoms. The van der Waals surface area contributed by atoms with E-state index in [0.29, 0.717) is 18.9 Å². The molecule has 1 atom stereocenters. The number of aliphatic carboxylic acids is 1. The van der Waals surface area contributed by atoms with Crippen molar-refractivity contribution in [2.75, 3.05) is 13.1 Å². The molecule has 2 aliphatic heterocycles. The molecular formula is C16H22N2O4S. The van der Waals surface area contributed by atoms with Crippen LogP contribution in [0.25, 0.3) is 0 Å². The Morgan fingerprint density at radius 2 is 2.00 bits per heavy atom. The minimum absolute atomic E-state index is 0.0604. The fourth-order valence-electron chi connectivity index (χ4n) is 3.56. The molecule has 1 N–H and O–H groups in total. The Bertz CT molecular complexity index is 671. The fraction of sp³-hybridized carbons (Fsp3) is 0.562. The van der Waals surface area contributed by atoms with Crippen LogP contribution in [0, 0.1) is 5.92 Å². The first kappa shape index (κ1) is 16.4. The topological polar surface area (TPSA) is 77.9 Å². The highest BCUT2D eigenvalue weighted by Gasteiger charge is 2.50. The molecule has 126 valence electrons. The van der Waals surface area contributed by atoms with Gasteiger partial charge in [-0.25, -0.2) is 0 Å². The first-order chi connectivity index (χ1) is 10.9. The Morgan fingerprint density at radius 1 is 1.35 bits per heavy atom. The van der Waals surface area contributed by atoms with E-state index in [4.69, 9.17) is 5.11 Å². The number of carboxylic acids is 1. The highest BCUT2D eigenvalue weighted by Crippen LogP contribution is 2.43. The molecule has 1 aliphatic carbocycles. The highest BCUT2D eigenvalue weighted by atomic mass is 32.2. The lowest BCUT2D eigenvalue weighted by Crippen LogP contribution is -2.50. The summed E-state index contributed by atoms with van der Waals surface area (Å²) in [5, 5.41) is 9.16. The van der Waals surface area contributed by atoms with Crippen molar-refractivity contribution in [2.24, 2.45) is 5.92 Å². The predicted molar refractivity (Wildman–Crippen MR) is 86.1 cm³/mol. The van der Waals surface area contributed by atoms with Crippen molar-refractivity contribution in [3.8, 4) is 0 Å². The van der Waals surface area contributed by atoms with Crippen LogP contribution >= 0.6 is 0 Å². The summed E-state index contributed by atoms with van der Waals surface area (Å²) in [6, 6.07) is 9.20. The van der Waals surface area contributed by atoms with E-state index in [1.807, 2.05) is 30.3 Å². The van der Waals surface area contributed by atoms with Crippen LogP contribution in [-0.4, -0.2) is 53.3 Å². The Morgan fingerprint density at radius 3 is 2.52 bits per heavy atom. The summed E-state index contributed by atoms with van der Waals surface area (Å²) in [6.07, 6.45) is 2.32. The molecule has 2 bridgehead atoms. The molecule has 0 aromatic heterocycles. The van der Waals surface area contributed by atoms with E-state index >= 15 is 0 Å². The van der Waals surface area contributed by atoms with Gasteiger partial charge in [0, 0.05) is 18.6 Å². The molecule has 7 heteroatoms. The van der Waals surface area contributed by atoms with Gasteiger partial charge < -0.3 is 5.11 Å². The molecule has 2 saturated heterocycles. The van der Waals surface area contributed by atoms with Crippen LogP contribution in [0.2, 0.25) is 0 Å². The van der Waals surface area contributed by atoms with Gasteiger partial charge >= 0.3 is 5.97 Å². The van der Waals surface area contributed by atoms with Crippen LogP contribution in [-0.2, 0) is 21.4 Å². The van der Waals surface area contributed by atoms with Crippen LogP contribution in [0.4, 0.5) is 0 Å². The van der Waals surface area contributed by atoms with Gasteiger partial charge in [0.1, 0.15) is 6.54 Å². The average Bonchev–Trinajstić information content (AvgIpc) is 3.06. The number of nitrogens with zero attached hydrogens (tertiary/aromatic N) is 2. The maximum absolute atomic E-state index is 12.9. The van der Waals surface area contributed by atoms with Crippen LogP contribution in [0.3, 0.4) is 0 Å². The Balaban J connectivity index is 1.80. The third-order valence-corrected chi connectivity index (χ3v) is 6.93. The van der Waals surface area contributed by atoms with Gasteiger partial charge in [0.25, 0.3) is 10.2 Å². The predicted octanol–water partition coefficient (Wildman–Crippen LogP) is 1.34. The average molecular weight is 338 g/mol. The van der Waals surface area contributed by atoms with E-state index in [1.54, 1.807) is 6.92 Å².